The first kappa shape index (κ1) is 10.5. The van der Waals surface area contributed by atoms with Crippen LogP contribution in [0.2, 0.25) is 0 Å². The molecule has 0 fully saturated rings. The van der Waals surface area contributed by atoms with Crippen LogP contribution in [-0.2, 0) is 9.47 Å². The Hall–Kier alpha value is -0.520. The maximum absolute atomic E-state index is 4.88. The van der Waals surface area contributed by atoms with Gasteiger partial charge in [-0.05, 0) is 12.3 Å². The van der Waals surface area contributed by atoms with Gasteiger partial charge in [-0.25, -0.2) is 0 Å². The highest BCUT2D eigenvalue weighted by Gasteiger charge is 1.95. The van der Waals surface area contributed by atoms with Crippen molar-refractivity contribution in [2.24, 2.45) is 0 Å². The summed E-state index contributed by atoms with van der Waals surface area (Å²) < 4.78 is 9.77. The van der Waals surface area contributed by atoms with Crippen molar-refractivity contribution in [2.75, 3.05) is 14.2 Å². The summed E-state index contributed by atoms with van der Waals surface area (Å²) in [6, 6.07) is 0. The van der Waals surface area contributed by atoms with Gasteiger partial charge in [0.1, 0.15) is 0 Å². The van der Waals surface area contributed by atoms with E-state index in [2.05, 4.69) is 18.8 Å². The van der Waals surface area contributed by atoms with Crippen molar-refractivity contribution in [3.8, 4) is 11.8 Å². The van der Waals surface area contributed by atoms with Gasteiger partial charge in [0, 0.05) is 20.6 Å². The summed E-state index contributed by atoms with van der Waals surface area (Å²) in [6.45, 7) is 2.14. The molecule has 0 unspecified atom stereocenters. The first-order chi connectivity index (χ1) is 5.35. The molecule has 0 saturated heterocycles. The second kappa shape index (κ2) is 7.59. The molecule has 0 aliphatic heterocycles. The molecule has 0 saturated carbocycles. The molecule has 11 heavy (non-hydrogen) atoms. The minimum Gasteiger partial charge on any atom is -0.345 e. The Morgan fingerprint density at radius 1 is 1.27 bits per heavy atom. The van der Waals surface area contributed by atoms with Gasteiger partial charge >= 0.3 is 0 Å². The Bertz CT molecular complexity index is 128. The summed E-state index contributed by atoms with van der Waals surface area (Å²) in [5, 5.41) is 0. The van der Waals surface area contributed by atoms with Crippen molar-refractivity contribution >= 4 is 0 Å². The topological polar surface area (TPSA) is 18.5 Å². The van der Waals surface area contributed by atoms with Gasteiger partial charge in [-0.2, -0.15) is 0 Å². The van der Waals surface area contributed by atoms with E-state index >= 15 is 0 Å². The Morgan fingerprint density at radius 2 is 1.91 bits per heavy atom. The highest BCUT2D eigenvalue weighted by Crippen LogP contribution is 1.92. The second-order valence-corrected chi connectivity index (χ2v) is 2.23. The summed E-state index contributed by atoms with van der Waals surface area (Å²) in [7, 11) is 3.17. The monoisotopic (exact) mass is 156 g/mol. The summed E-state index contributed by atoms with van der Waals surface area (Å²) in [5.41, 5.74) is 0. The van der Waals surface area contributed by atoms with E-state index < -0.39 is 0 Å². The van der Waals surface area contributed by atoms with Crippen LogP contribution >= 0.6 is 0 Å². The fourth-order valence-corrected chi connectivity index (χ4v) is 0.635. The summed E-state index contributed by atoms with van der Waals surface area (Å²) in [6.07, 6.45) is 2.90. The fraction of sp³-hybridized carbons (Fsp3) is 0.778. The zero-order valence-electron chi connectivity index (χ0n) is 7.52. The lowest BCUT2D eigenvalue weighted by Crippen LogP contribution is -2.09. The van der Waals surface area contributed by atoms with Crippen LogP contribution in [0.4, 0.5) is 0 Å². The predicted octanol–water partition coefficient (Wildman–Crippen LogP) is 1.80. The third-order valence-electron chi connectivity index (χ3n) is 1.30. The molecule has 0 radical (unpaired) electrons. The van der Waals surface area contributed by atoms with Gasteiger partial charge < -0.3 is 9.47 Å². The van der Waals surface area contributed by atoms with Gasteiger partial charge in [-0.3, -0.25) is 0 Å². The van der Waals surface area contributed by atoms with Crippen molar-refractivity contribution in [1.82, 2.24) is 0 Å². The number of hydrogen-bond acceptors (Lipinski definition) is 2. The van der Waals surface area contributed by atoms with Crippen molar-refractivity contribution < 1.29 is 9.47 Å². The summed E-state index contributed by atoms with van der Waals surface area (Å²) in [4.78, 5) is 0. The average molecular weight is 156 g/mol. The molecule has 0 aromatic carbocycles. The number of hydrogen-bond donors (Lipinski definition) is 0. The maximum Gasteiger partial charge on any atom is 0.221 e. The maximum atomic E-state index is 4.88. The average Bonchev–Trinajstić information content (AvgIpc) is 2.05. The molecule has 2 nitrogen and oxygen atoms in total. The molecule has 64 valence electrons. The van der Waals surface area contributed by atoms with Crippen LogP contribution in [0, 0.1) is 11.8 Å². The van der Waals surface area contributed by atoms with Crippen LogP contribution in [-0.4, -0.2) is 20.5 Å². The smallest absolute Gasteiger partial charge is 0.221 e. The second-order valence-electron chi connectivity index (χ2n) is 2.23. The third-order valence-corrected chi connectivity index (χ3v) is 1.30. The van der Waals surface area contributed by atoms with Crippen molar-refractivity contribution in [2.45, 2.75) is 32.5 Å². The van der Waals surface area contributed by atoms with Gasteiger partial charge in [0.05, 0.1) is 0 Å². The zero-order chi connectivity index (χ0) is 8.53. The highest BCUT2D eigenvalue weighted by molar-refractivity contribution is 5.01. The van der Waals surface area contributed by atoms with Gasteiger partial charge in [0.15, 0.2) is 0 Å². The van der Waals surface area contributed by atoms with E-state index in [1.807, 2.05) is 0 Å². The van der Waals surface area contributed by atoms with Gasteiger partial charge in [-0.15, -0.1) is 0 Å². The molecule has 2 heteroatoms. The van der Waals surface area contributed by atoms with Crippen LogP contribution in [0.1, 0.15) is 26.2 Å². The van der Waals surface area contributed by atoms with Crippen LogP contribution in [0.3, 0.4) is 0 Å². The van der Waals surface area contributed by atoms with Crippen molar-refractivity contribution in [1.29, 1.82) is 0 Å². The Balaban J connectivity index is 3.47. The van der Waals surface area contributed by atoms with Crippen LogP contribution in [0.25, 0.3) is 0 Å². The van der Waals surface area contributed by atoms with Crippen LogP contribution in [0.15, 0.2) is 0 Å². The van der Waals surface area contributed by atoms with Crippen LogP contribution < -0.4 is 0 Å². The van der Waals surface area contributed by atoms with Crippen LogP contribution in [0.5, 0.6) is 0 Å². The molecular weight excluding hydrogens is 140 g/mol. The van der Waals surface area contributed by atoms with E-state index in [1.54, 1.807) is 14.2 Å². The van der Waals surface area contributed by atoms with Crippen molar-refractivity contribution in [3.63, 3.8) is 0 Å². The molecule has 0 rings (SSSR count). The molecular formula is C9H16O2. The van der Waals surface area contributed by atoms with Crippen molar-refractivity contribution in [3.05, 3.63) is 0 Å². The lowest BCUT2D eigenvalue weighted by atomic mass is 10.2. The number of methoxy groups -OCH3 is 2. The van der Waals surface area contributed by atoms with Gasteiger partial charge in [-0.1, -0.05) is 19.3 Å². The molecule has 0 N–H and O–H groups in total. The largest absolute Gasteiger partial charge is 0.345 e. The minimum absolute atomic E-state index is 0.355. The molecule has 0 aromatic heterocycles. The fourth-order valence-electron chi connectivity index (χ4n) is 0.635. The lowest BCUT2D eigenvalue weighted by Gasteiger charge is -2.03. The SMILES string of the molecule is CCCCC#CC(OC)OC. The predicted molar refractivity (Wildman–Crippen MR) is 45.1 cm³/mol. The number of unbranched alkanes of at least 4 members (excludes halogenated alkanes) is 2. The van der Waals surface area contributed by atoms with E-state index in [-0.39, 0.29) is 6.29 Å². The van der Waals surface area contributed by atoms with E-state index in [0.29, 0.717) is 0 Å². The summed E-state index contributed by atoms with van der Waals surface area (Å²) >= 11 is 0. The first-order valence-electron chi connectivity index (χ1n) is 3.89. The minimum atomic E-state index is -0.355. The molecule has 0 heterocycles. The number of rotatable bonds is 4. The lowest BCUT2D eigenvalue weighted by molar-refractivity contribution is -0.0595. The van der Waals surface area contributed by atoms with E-state index in [1.165, 1.54) is 6.42 Å². The molecule has 0 aromatic rings. The Labute approximate surface area is 68.9 Å². The van der Waals surface area contributed by atoms with E-state index in [4.69, 9.17) is 9.47 Å². The normalized spacial score (nSPS) is 9.45. The Morgan fingerprint density at radius 3 is 2.36 bits per heavy atom. The van der Waals surface area contributed by atoms with Gasteiger partial charge in [0.25, 0.3) is 0 Å². The van der Waals surface area contributed by atoms with E-state index in [0.717, 1.165) is 12.8 Å². The third kappa shape index (κ3) is 5.90. The van der Waals surface area contributed by atoms with E-state index in [9.17, 15) is 0 Å². The molecule has 0 atom stereocenters. The highest BCUT2D eigenvalue weighted by atomic mass is 16.7. The molecule has 0 amide bonds. The molecule has 0 aliphatic rings. The summed E-state index contributed by atoms with van der Waals surface area (Å²) in [5.74, 6) is 5.85. The van der Waals surface area contributed by atoms with Gasteiger partial charge in [0.2, 0.25) is 6.29 Å². The molecule has 0 spiro atoms. The molecule has 0 aliphatic carbocycles. The number of ether oxygens (including phenoxy) is 2. The zero-order valence-corrected chi connectivity index (χ0v) is 7.52. The quantitative estimate of drug-likeness (QED) is 0.351. The standard InChI is InChI=1S/C9H16O2/c1-4-5-6-7-8-9(10-2)11-3/h9H,4-6H2,1-3H3. The first-order valence-corrected chi connectivity index (χ1v) is 3.89. The molecule has 0 bridgehead atoms. The Kier molecular flexibility index (Phi) is 7.23.